The molecule has 1 aromatic rings. The maximum absolute atomic E-state index is 4.31. The third kappa shape index (κ3) is 1.46. The molecule has 3 heteroatoms. The van der Waals surface area contributed by atoms with Crippen LogP contribution in [0.15, 0.2) is 4.34 Å². The summed E-state index contributed by atoms with van der Waals surface area (Å²) in [5.41, 5.74) is 1.17. The first-order valence-corrected chi connectivity index (χ1v) is 4.76. The van der Waals surface area contributed by atoms with Crippen LogP contribution in [0.3, 0.4) is 0 Å². The molecule has 1 nitrogen and oxygen atoms in total. The Morgan fingerprint density at radius 3 is 2.33 bits per heavy atom. The number of rotatable bonds is 1. The summed E-state index contributed by atoms with van der Waals surface area (Å²) in [6, 6.07) is 0. The molecule has 1 rings (SSSR count). The van der Waals surface area contributed by atoms with Crippen LogP contribution in [-0.2, 0) is 0 Å². The predicted molar refractivity (Wildman–Crippen MR) is 43.4 cm³/mol. The minimum atomic E-state index is 1.17. The molecule has 9 heavy (non-hydrogen) atoms. The second-order valence-corrected chi connectivity index (χ2v) is 4.08. The number of thioether (sulfide) groups is 1. The van der Waals surface area contributed by atoms with Gasteiger partial charge >= 0.3 is 0 Å². The van der Waals surface area contributed by atoms with Crippen LogP contribution >= 0.6 is 23.1 Å². The van der Waals surface area contributed by atoms with Crippen molar-refractivity contribution in [2.24, 2.45) is 0 Å². The van der Waals surface area contributed by atoms with Crippen molar-refractivity contribution in [1.29, 1.82) is 0 Å². The molecule has 0 fully saturated rings. The van der Waals surface area contributed by atoms with Crippen LogP contribution < -0.4 is 0 Å². The lowest BCUT2D eigenvalue weighted by Crippen LogP contribution is -1.71. The molecule has 1 heterocycles. The summed E-state index contributed by atoms with van der Waals surface area (Å²) < 4.78 is 1.17. The van der Waals surface area contributed by atoms with Crippen LogP contribution in [-0.4, -0.2) is 11.2 Å². The van der Waals surface area contributed by atoms with Gasteiger partial charge in [-0.05, 0) is 20.1 Å². The number of aromatic nitrogens is 1. The van der Waals surface area contributed by atoms with Gasteiger partial charge in [0.2, 0.25) is 0 Å². The van der Waals surface area contributed by atoms with Crippen molar-refractivity contribution in [2.75, 3.05) is 6.26 Å². The van der Waals surface area contributed by atoms with E-state index >= 15 is 0 Å². The van der Waals surface area contributed by atoms with Gasteiger partial charge in [0.25, 0.3) is 0 Å². The van der Waals surface area contributed by atoms with Gasteiger partial charge in [-0.3, -0.25) is 0 Å². The Labute approximate surface area is 63.5 Å². The molecule has 0 aromatic carbocycles. The average Bonchev–Trinajstić information content (AvgIpc) is 2.13. The molecule has 0 radical (unpaired) electrons. The first-order chi connectivity index (χ1) is 4.24. The second-order valence-electron chi connectivity index (χ2n) is 1.83. The standard InChI is InChI=1S/C6H9NS2/c1-4-5(2)9-6(7-4)8-3/h1-3H3. The highest BCUT2D eigenvalue weighted by Gasteiger charge is 1.99. The first-order valence-electron chi connectivity index (χ1n) is 2.72. The zero-order valence-corrected chi connectivity index (χ0v) is 7.40. The molecule has 0 spiro atoms. The van der Waals surface area contributed by atoms with Crippen molar-refractivity contribution in [2.45, 2.75) is 18.2 Å². The lowest BCUT2D eigenvalue weighted by Gasteiger charge is -1.79. The Kier molecular flexibility index (Phi) is 2.13. The van der Waals surface area contributed by atoms with Crippen molar-refractivity contribution in [3.05, 3.63) is 10.6 Å². The fourth-order valence-electron chi connectivity index (χ4n) is 0.531. The molecule has 0 unspecified atom stereocenters. The van der Waals surface area contributed by atoms with Crippen LogP contribution in [0.2, 0.25) is 0 Å². The zero-order chi connectivity index (χ0) is 6.85. The summed E-state index contributed by atoms with van der Waals surface area (Å²) in [6.07, 6.45) is 2.05. The molecule has 0 aliphatic carbocycles. The minimum Gasteiger partial charge on any atom is -0.235 e. The van der Waals surface area contributed by atoms with Gasteiger partial charge in [-0.25, -0.2) is 4.98 Å². The molecular formula is C6H9NS2. The first kappa shape index (κ1) is 7.09. The summed E-state index contributed by atoms with van der Waals surface area (Å²) >= 11 is 3.48. The number of hydrogen-bond acceptors (Lipinski definition) is 3. The highest BCUT2D eigenvalue weighted by molar-refractivity contribution is 8.00. The Morgan fingerprint density at radius 1 is 1.44 bits per heavy atom. The van der Waals surface area contributed by atoms with Gasteiger partial charge in [-0.1, -0.05) is 11.8 Å². The molecule has 0 amide bonds. The Hall–Kier alpha value is -0.0200. The van der Waals surface area contributed by atoms with Gasteiger partial charge in [0, 0.05) is 4.88 Å². The third-order valence-electron chi connectivity index (χ3n) is 1.18. The lowest BCUT2D eigenvalue weighted by molar-refractivity contribution is 1.14. The SMILES string of the molecule is CSc1nc(C)c(C)s1. The van der Waals surface area contributed by atoms with Crippen LogP contribution in [0.5, 0.6) is 0 Å². The fourth-order valence-corrected chi connectivity index (χ4v) is 2.11. The molecule has 0 atom stereocenters. The van der Waals surface area contributed by atoms with E-state index in [1.165, 1.54) is 14.9 Å². The summed E-state index contributed by atoms with van der Waals surface area (Å²) in [6.45, 7) is 4.15. The maximum Gasteiger partial charge on any atom is 0.150 e. The van der Waals surface area contributed by atoms with Crippen molar-refractivity contribution in [1.82, 2.24) is 4.98 Å². The van der Waals surface area contributed by atoms with E-state index in [-0.39, 0.29) is 0 Å². The largest absolute Gasteiger partial charge is 0.235 e. The summed E-state index contributed by atoms with van der Waals surface area (Å²) in [4.78, 5) is 5.64. The van der Waals surface area contributed by atoms with Crippen molar-refractivity contribution in [3.63, 3.8) is 0 Å². The average molecular weight is 159 g/mol. The zero-order valence-electron chi connectivity index (χ0n) is 5.76. The van der Waals surface area contributed by atoms with Gasteiger partial charge < -0.3 is 0 Å². The molecular weight excluding hydrogens is 150 g/mol. The van der Waals surface area contributed by atoms with E-state index in [0.717, 1.165) is 0 Å². The second kappa shape index (κ2) is 2.71. The van der Waals surface area contributed by atoms with E-state index in [1.54, 1.807) is 23.1 Å². The lowest BCUT2D eigenvalue weighted by atomic mass is 10.4. The van der Waals surface area contributed by atoms with Crippen molar-refractivity contribution < 1.29 is 0 Å². The fraction of sp³-hybridized carbons (Fsp3) is 0.500. The predicted octanol–water partition coefficient (Wildman–Crippen LogP) is 2.48. The van der Waals surface area contributed by atoms with Crippen molar-refractivity contribution >= 4 is 23.1 Å². The molecule has 0 N–H and O–H groups in total. The molecule has 0 bridgehead atoms. The summed E-state index contributed by atoms with van der Waals surface area (Å²) in [5.74, 6) is 0. The molecule has 50 valence electrons. The molecule has 1 aromatic heterocycles. The van der Waals surface area contributed by atoms with Crippen LogP contribution in [0.4, 0.5) is 0 Å². The van der Waals surface area contributed by atoms with E-state index in [4.69, 9.17) is 0 Å². The molecule has 0 aliphatic rings. The number of hydrogen-bond donors (Lipinski definition) is 0. The van der Waals surface area contributed by atoms with Gasteiger partial charge in [0.15, 0.2) is 0 Å². The molecule has 0 saturated carbocycles. The third-order valence-corrected chi connectivity index (χ3v) is 3.24. The van der Waals surface area contributed by atoms with E-state index in [1.807, 2.05) is 6.92 Å². The van der Waals surface area contributed by atoms with Crippen LogP contribution in [0.1, 0.15) is 10.6 Å². The quantitative estimate of drug-likeness (QED) is 0.584. The summed E-state index contributed by atoms with van der Waals surface area (Å²) in [5, 5.41) is 0. The number of nitrogens with zero attached hydrogens (tertiary/aromatic N) is 1. The van der Waals surface area contributed by atoms with E-state index in [2.05, 4.69) is 18.2 Å². The van der Waals surface area contributed by atoms with E-state index in [9.17, 15) is 0 Å². The Morgan fingerprint density at radius 2 is 2.11 bits per heavy atom. The van der Waals surface area contributed by atoms with Gasteiger partial charge in [0.05, 0.1) is 5.69 Å². The highest BCUT2D eigenvalue weighted by Crippen LogP contribution is 2.23. The smallest absolute Gasteiger partial charge is 0.150 e. The topological polar surface area (TPSA) is 12.9 Å². The number of aryl methyl sites for hydroxylation is 2. The summed E-state index contributed by atoms with van der Waals surface area (Å²) in [7, 11) is 0. The van der Waals surface area contributed by atoms with Gasteiger partial charge in [-0.15, -0.1) is 11.3 Å². The Bertz CT molecular complexity index is 185. The normalized spacial score (nSPS) is 10.1. The highest BCUT2D eigenvalue weighted by atomic mass is 32.2. The molecule has 0 aliphatic heterocycles. The van der Waals surface area contributed by atoms with Crippen molar-refractivity contribution in [3.8, 4) is 0 Å². The van der Waals surface area contributed by atoms with Gasteiger partial charge in [-0.2, -0.15) is 0 Å². The minimum absolute atomic E-state index is 1.17. The van der Waals surface area contributed by atoms with Crippen LogP contribution in [0.25, 0.3) is 0 Å². The monoisotopic (exact) mass is 159 g/mol. The Balaban J connectivity index is 2.98. The molecule has 0 saturated heterocycles. The maximum atomic E-state index is 4.31. The van der Waals surface area contributed by atoms with Crippen LogP contribution in [0, 0.1) is 13.8 Å². The van der Waals surface area contributed by atoms with E-state index in [0.29, 0.717) is 0 Å². The number of thiazole rings is 1. The van der Waals surface area contributed by atoms with Gasteiger partial charge in [0.1, 0.15) is 4.34 Å². The van der Waals surface area contributed by atoms with E-state index < -0.39 is 0 Å².